The molecule has 0 amide bonds. The van der Waals surface area contributed by atoms with Crippen LogP contribution in [0, 0.1) is 0 Å². The quantitative estimate of drug-likeness (QED) is 0.581. The molecule has 0 saturated carbocycles. The molecule has 12 heavy (non-hydrogen) atoms. The highest BCUT2D eigenvalue weighted by molar-refractivity contribution is 6.68. The van der Waals surface area contributed by atoms with E-state index in [1.807, 2.05) is 42.5 Å². The van der Waals surface area contributed by atoms with E-state index in [0.29, 0.717) is 5.17 Å². The Kier molecular flexibility index (Phi) is 4.17. The van der Waals surface area contributed by atoms with E-state index in [2.05, 4.69) is 4.99 Å². The van der Waals surface area contributed by atoms with Crippen LogP contribution in [0.2, 0.25) is 0 Å². The summed E-state index contributed by atoms with van der Waals surface area (Å²) < 4.78 is 0. The van der Waals surface area contributed by atoms with Crippen molar-refractivity contribution in [3.63, 3.8) is 0 Å². The van der Waals surface area contributed by atoms with E-state index in [-0.39, 0.29) is 0 Å². The van der Waals surface area contributed by atoms with E-state index in [1.165, 1.54) is 0 Å². The van der Waals surface area contributed by atoms with Gasteiger partial charge in [-0.3, -0.25) is 4.99 Å². The van der Waals surface area contributed by atoms with Gasteiger partial charge in [-0.25, -0.2) is 0 Å². The molecule has 2 rings (SSSR count). The number of benzene rings is 1. The van der Waals surface area contributed by atoms with Gasteiger partial charge in [-0.15, -0.1) is 0 Å². The first-order chi connectivity index (χ1) is 5.89. The molecule has 62 valence electrons. The van der Waals surface area contributed by atoms with Crippen molar-refractivity contribution >= 4 is 16.8 Å². The largest absolute Gasteiger partial charge is 0.269 e. The van der Waals surface area contributed by atoms with E-state index >= 15 is 0 Å². The number of nitrogens with zero attached hydrogens (tertiary/aromatic N) is 1. The predicted octanol–water partition coefficient (Wildman–Crippen LogP) is 2.88. The molecule has 2 heteroatoms. The van der Waals surface area contributed by atoms with Gasteiger partial charge in [0, 0.05) is 0 Å². The predicted molar refractivity (Wildman–Crippen MR) is 53.7 cm³/mol. The summed E-state index contributed by atoms with van der Waals surface area (Å²) in [6.45, 7) is 0.763. The Hall–Kier alpha value is -1.08. The highest BCUT2D eigenvalue weighted by Crippen LogP contribution is 1.95. The molecule has 0 atom stereocenters. The third-order valence-electron chi connectivity index (χ3n) is 1.27. The molecule has 1 heterocycles. The van der Waals surface area contributed by atoms with Crippen molar-refractivity contribution in [1.29, 1.82) is 0 Å². The fraction of sp³-hybridized carbons (Fsp3) is 0.100. The first-order valence-corrected chi connectivity index (χ1v) is 4.14. The summed E-state index contributed by atoms with van der Waals surface area (Å²) in [5.74, 6) is 0. The minimum absolute atomic E-state index is 0.620. The maximum absolute atomic E-state index is 5.38. The van der Waals surface area contributed by atoms with Gasteiger partial charge in [0.25, 0.3) is 0 Å². The molecular formula is C10H10ClN. The summed E-state index contributed by atoms with van der Waals surface area (Å²) in [4.78, 5) is 3.81. The number of hydrogen-bond acceptors (Lipinski definition) is 1. The Bertz CT molecular complexity index is 235. The third kappa shape index (κ3) is 3.94. The molecule has 1 aliphatic heterocycles. The molecule has 1 aliphatic rings. The van der Waals surface area contributed by atoms with E-state index < -0.39 is 0 Å². The Morgan fingerprint density at radius 3 is 1.67 bits per heavy atom. The summed E-state index contributed by atoms with van der Waals surface area (Å²) in [5.41, 5.74) is 0. The number of rotatable bonds is 0. The average molecular weight is 180 g/mol. The number of allylic oxidation sites excluding steroid dienone is 1. The van der Waals surface area contributed by atoms with Crippen LogP contribution in [0.1, 0.15) is 0 Å². The Morgan fingerprint density at radius 1 is 1.00 bits per heavy atom. The molecule has 0 radical (unpaired) electrons. The second kappa shape index (κ2) is 5.56. The third-order valence-corrected chi connectivity index (χ3v) is 1.52. The molecule has 0 N–H and O–H groups in total. The van der Waals surface area contributed by atoms with Crippen molar-refractivity contribution in [3.8, 4) is 0 Å². The van der Waals surface area contributed by atoms with Gasteiger partial charge in [-0.1, -0.05) is 54.1 Å². The van der Waals surface area contributed by atoms with Gasteiger partial charge in [0.15, 0.2) is 0 Å². The van der Waals surface area contributed by atoms with Crippen LogP contribution in [0.5, 0.6) is 0 Å². The van der Waals surface area contributed by atoms with Crippen molar-refractivity contribution in [1.82, 2.24) is 0 Å². The monoisotopic (exact) mass is 179 g/mol. The highest BCUT2D eigenvalue weighted by atomic mass is 35.5. The molecule has 1 aromatic rings. The van der Waals surface area contributed by atoms with Crippen LogP contribution in [0.25, 0.3) is 0 Å². The summed E-state index contributed by atoms with van der Waals surface area (Å²) in [5, 5.41) is 0.620. The summed E-state index contributed by atoms with van der Waals surface area (Å²) in [6.07, 6.45) is 3.71. The maximum atomic E-state index is 5.38. The molecule has 0 aromatic heterocycles. The molecule has 0 saturated heterocycles. The van der Waals surface area contributed by atoms with Crippen molar-refractivity contribution in [2.45, 2.75) is 0 Å². The van der Waals surface area contributed by atoms with Gasteiger partial charge < -0.3 is 0 Å². The second-order valence-corrected chi connectivity index (χ2v) is 2.61. The van der Waals surface area contributed by atoms with E-state index in [4.69, 9.17) is 11.6 Å². The number of hydrogen-bond donors (Lipinski definition) is 0. The lowest BCUT2D eigenvalue weighted by Crippen LogP contribution is -1.67. The number of aliphatic imine (C=N–C) groups is 1. The van der Waals surface area contributed by atoms with E-state index in [9.17, 15) is 0 Å². The maximum Gasteiger partial charge on any atom is 0.123 e. The SMILES string of the molecule is ClC1=NCC=C1.c1ccccc1. The minimum atomic E-state index is 0.620. The molecule has 0 unspecified atom stereocenters. The van der Waals surface area contributed by atoms with Crippen LogP contribution in [0.3, 0.4) is 0 Å². The molecule has 1 nitrogen and oxygen atoms in total. The van der Waals surface area contributed by atoms with Crippen LogP contribution in [0.15, 0.2) is 53.5 Å². The lowest BCUT2D eigenvalue weighted by Gasteiger charge is -1.69. The van der Waals surface area contributed by atoms with Gasteiger partial charge in [0.2, 0.25) is 0 Å². The molecule has 0 fully saturated rings. The van der Waals surface area contributed by atoms with Gasteiger partial charge >= 0.3 is 0 Å². The average Bonchev–Trinajstić information content (AvgIpc) is 2.60. The van der Waals surface area contributed by atoms with Crippen LogP contribution in [-0.4, -0.2) is 11.7 Å². The number of halogens is 1. The van der Waals surface area contributed by atoms with Crippen LogP contribution < -0.4 is 0 Å². The lowest BCUT2D eigenvalue weighted by atomic mass is 10.4. The zero-order chi connectivity index (χ0) is 8.65. The standard InChI is InChI=1S/C6H6.C4H4ClN/c1-2-4-6-5-3-1;5-4-2-1-3-6-4/h1-6H;1-2H,3H2. The van der Waals surface area contributed by atoms with Gasteiger partial charge in [0.1, 0.15) is 5.17 Å². The normalized spacial score (nSPS) is 13.2. The smallest absolute Gasteiger partial charge is 0.123 e. The van der Waals surface area contributed by atoms with Crippen molar-refractivity contribution in [3.05, 3.63) is 48.6 Å². The molecule has 0 bridgehead atoms. The van der Waals surface area contributed by atoms with Crippen molar-refractivity contribution in [2.24, 2.45) is 4.99 Å². The Morgan fingerprint density at radius 2 is 1.50 bits per heavy atom. The zero-order valence-corrected chi connectivity index (χ0v) is 7.41. The van der Waals surface area contributed by atoms with E-state index in [1.54, 1.807) is 6.08 Å². The fourth-order valence-corrected chi connectivity index (χ4v) is 0.886. The molecular weight excluding hydrogens is 170 g/mol. The minimum Gasteiger partial charge on any atom is -0.269 e. The first kappa shape index (κ1) is 9.01. The van der Waals surface area contributed by atoms with Gasteiger partial charge in [-0.05, 0) is 6.08 Å². The topological polar surface area (TPSA) is 12.4 Å². The molecule has 0 spiro atoms. The van der Waals surface area contributed by atoms with Crippen molar-refractivity contribution < 1.29 is 0 Å². The fourth-order valence-electron chi connectivity index (χ4n) is 0.727. The second-order valence-electron chi connectivity index (χ2n) is 2.22. The highest BCUT2D eigenvalue weighted by Gasteiger charge is 1.88. The summed E-state index contributed by atoms with van der Waals surface area (Å²) >= 11 is 5.38. The van der Waals surface area contributed by atoms with Crippen LogP contribution >= 0.6 is 11.6 Å². The Balaban J connectivity index is 0.000000120. The van der Waals surface area contributed by atoms with Gasteiger partial charge in [-0.2, -0.15) is 0 Å². The van der Waals surface area contributed by atoms with Crippen molar-refractivity contribution in [2.75, 3.05) is 6.54 Å². The van der Waals surface area contributed by atoms with Crippen LogP contribution in [-0.2, 0) is 0 Å². The summed E-state index contributed by atoms with van der Waals surface area (Å²) in [6, 6.07) is 12.0. The first-order valence-electron chi connectivity index (χ1n) is 3.76. The zero-order valence-electron chi connectivity index (χ0n) is 6.65. The molecule has 1 aromatic carbocycles. The summed E-state index contributed by atoms with van der Waals surface area (Å²) in [7, 11) is 0. The van der Waals surface area contributed by atoms with E-state index in [0.717, 1.165) is 6.54 Å². The molecule has 0 aliphatic carbocycles. The lowest BCUT2D eigenvalue weighted by molar-refractivity contribution is 1.29. The Labute approximate surface area is 77.4 Å². The van der Waals surface area contributed by atoms with Gasteiger partial charge in [0.05, 0.1) is 6.54 Å². The van der Waals surface area contributed by atoms with Crippen LogP contribution in [0.4, 0.5) is 0 Å².